The van der Waals surface area contributed by atoms with Crippen LogP contribution in [0.4, 0.5) is 0 Å². The van der Waals surface area contributed by atoms with Crippen LogP contribution in [-0.2, 0) is 17.8 Å². The first-order chi connectivity index (χ1) is 9.86. The van der Waals surface area contributed by atoms with Gasteiger partial charge in [-0.3, -0.25) is 9.80 Å². The summed E-state index contributed by atoms with van der Waals surface area (Å²) in [5.74, 6) is 0. The maximum Gasteiger partial charge on any atom is 0.0594 e. The lowest BCUT2D eigenvalue weighted by molar-refractivity contribution is 0.0184. The SMILES string of the molecule is NCc1ccccc1CN1CCC(N2CCOCC2)C1. The van der Waals surface area contributed by atoms with E-state index >= 15 is 0 Å². The lowest BCUT2D eigenvalue weighted by atomic mass is 10.1. The molecule has 0 radical (unpaired) electrons. The highest BCUT2D eigenvalue weighted by Gasteiger charge is 2.28. The zero-order valence-corrected chi connectivity index (χ0v) is 12.1. The molecule has 2 heterocycles. The van der Waals surface area contributed by atoms with E-state index in [1.165, 1.54) is 30.6 Å². The van der Waals surface area contributed by atoms with Crippen LogP contribution in [0.1, 0.15) is 17.5 Å². The number of rotatable bonds is 4. The monoisotopic (exact) mass is 275 g/mol. The Morgan fingerprint density at radius 3 is 2.60 bits per heavy atom. The van der Waals surface area contributed by atoms with Gasteiger partial charge in [0.25, 0.3) is 0 Å². The smallest absolute Gasteiger partial charge is 0.0594 e. The lowest BCUT2D eigenvalue weighted by Crippen LogP contribution is -2.44. The standard InChI is InChI=1S/C16H25N3O/c17-11-14-3-1-2-4-15(14)12-18-6-5-16(13-18)19-7-9-20-10-8-19/h1-4,16H,5-13,17H2. The van der Waals surface area contributed by atoms with E-state index in [0.717, 1.165) is 32.8 Å². The fraction of sp³-hybridized carbons (Fsp3) is 0.625. The molecule has 4 nitrogen and oxygen atoms in total. The van der Waals surface area contributed by atoms with Crippen molar-refractivity contribution in [1.29, 1.82) is 0 Å². The van der Waals surface area contributed by atoms with Crippen molar-refractivity contribution in [3.8, 4) is 0 Å². The first-order valence-corrected chi connectivity index (χ1v) is 7.68. The van der Waals surface area contributed by atoms with E-state index in [-0.39, 0.29) is 0 Å². The molecule has 1 atom stereocenters. The van der Waals surface area contributed by atoms with Crippen molar-refractivity contribution in [2.24, 2.45) is 5.73 Å². The molecule has 1 aromatic rings. The molecule has 20 heavy (non-hydrogen) atoms. The van der Waals surface area contributed by atoms with Gasteiger partial charge in [0, 0.05) is 45.3 Å². The number of nitrogens with two attached hydrogens (primary N) is 1. The normalized spacial score (nSPS) is 25.1. The summed E-state index contributed by atoms with van der Waals surface area (Å²) in [6, 6.07) is 9.26. The van der Waals surface area contributed by atoms with E-state index in [0.29, 0.717) is 12.6 Å². The van der Waals surface area contributed by atoms with Crippen molar-refractivity contribution in [3.05, 3.63) is 35.4 Å². The summed E-state index contributed by atoms with van der Waals surface area (Å²) in [7, 11) is 0. The lowest BCUT2D eigenvalue weighted by Gasteiger charge is -2.32. The maximum absolute atomic E-state index is 5.83. The van der Waals surface area contributed by atoms with Crippen LogP contribution in [-0.4, -0.2) is 55.2 Å². The number of benzene rings is 1. The Morgan fingerprint density at radius 1 is 1.10 bits per heavy atom. The van der Waals surface area contributed by atoms with E-state index < -0.39 is 0 Å². The van der Waals surface area contributed by atoms with Gasteiger partial charge in [-0.1, -0.05) is 24.3 Å². The van der Waals surface area contributed by atoms with Crippen molar-refractivity contribution < 1.29 is 4.74 Å². The molecule has 0 spiro atoms. The number of nitrogens with zero attached hydrogens (tertiary/aromatic N) is 2. The van der Waals surface area contributed by atoms with Crippen LogP contribution in [0.3, 0.4) is 0 Å². The molecule has 110 valence electrons. The topological polar surface area (TPSA) is 41.7 Å². The minimum atomic E-state index is 0.636. The second kappa shape index (κ2) is 6.68. The van der Waals surface area contributed by atoms with E-state index in [9.17, 15) is 0 Å². The fourth-order valence-corrected chi connectivity index (χ4v) is 3.35. The largest absolute Gasteiger partial charge is 0.379 e. The van der Waals surface area contributed by atoms with Crippen LogP contribution in [0.5, 0.6) is 0 Å². The number of likely N-dealkylation sites (tertiary alicyclic amines) is 1. The van der Waals surface area contributed by atoms with Crippen LogP contribution >= 0.6 is 0 Å². The molecular weight excluding hydrogens is 250 g/mol. The van der Waals surface area contributed by atoms with Crippen LogP contribution < -0.4 is 5.73 Å². The Hall–Kier alpha value is -0.940. The summed E-state index contributed by atoms with van der Waals surface area (Å²) in [4.78, 5) is 5.16. The number of morpholine rings is 1. The fourth-order valence-electron chi connectivity index (χ4n) is 3.35. The molecule has 2 aliphatic rings. The van der Waals surface area contributed by atoms with Gasteiger partial charge in [0.15, 0.2) is 0 Å². The number of hydrogen-bond acceptors (Lipinski definition) is 4. The third kappa shape index (κ3) is 3.20. The van der Waals surface area contributed by atoms with Gasteiger partial charge in [0.1, 0.15) is 0 Å². The second-order valence-corrected chi connectivity index (χ2v) is 5.80. The Balaban J connectivity index is 1.57. The van der Waals surface area contributed by atoms with Crippen molar-refractivity contribution in [1.82, 2.24) is 9.80 Å². The summed E-state index contributed by atoms with van der Waals surface area (Å²) >= 11 is 0. The first-order valence-electron chi connectivity index (χ1n) is 7.68. The molecule has 0 saturated carbocycles. The van der Waals surface area contributed by atoms with Gasteiger partial charge < -0.3 is 10.5 Å². The van der Waals surface area contributed by atoms with Gasteiger partial charge in [-0.2, -0.15) is 0 Å². The van der Waals surface area contributed by atoms with Crippen molar-refractivity contribution in [2.45, 2.75) is 25.6 Å². The van der Waals surface area contributed by atoms with Crippen LogP contribution in [0.15, 0.2) is 24.3 Å². The number of ether oxygens (including phenoxy) is 1. The van der Waals surface area contributed by atoms with E-state index in [4.69, 9.17) is 10.5 Å². The van der Waals surface area contributed by atoms with Crippen LogP contribution in [0.25, 0.3) is 0 Å². The molecule has 1 unspecified atom stereocenters. The van der Waals surface area contributed by atoms with Crippen molar-refractivity contribution >= 4 is 0 Å². The Labute approximate surface area is 121 Å². The molecule has 0 bridgehead atoms. The predicted molar refractivity (Wildman–Crippen MR) is 80.4 cm³/mol. The molecule has 1 aromatic carbocycles. The highest BCUT2D eigenvalue weighted by Crippen LogP contribution is 2.20. The highest BCUT2D eigenvalue weighted by atomic mass is 16.5. The first kappa shape index (κ1) is 14.0. The molecule has 4 heteroatoms. The quantitative estimate of drug-likeness (QED) is 0.892. The van der Waals surface area contributed by atoms with Crippen LogP contribution in [0, 0.1) is 0 Å². The second-order valence-electron chi connectivity index (χ2n) is 5.80. The predicted octanol–water partition coefficient (Wildman–Crippen LogP) is 1.05. The summed E-state index contributed by atoms with van der Waals surface area (Å²) < 4.78 is 5.44. The zero-order valence-electron chi connectivity index (χ0n) is 12.1. The van der Waals surface area contributed by atoms with E-state index in [1.807, 2.05) is 0 Å². The van der Waals surface area contributed by atoms with Crippen molar-refractivity contribution in [2.75, 3.05) is 39.4 Å². The molecule has 2 aliphatic heterocycles. The average Bonchev–Trinajstić information content (AvgIpc) is 2.97. The van der Waals surface area contributed by atoms with Gasteiger partial charge in [-0.05, 0) is 17.5 Å². The summed E-state index contributed by atoms with van der Waals surface area (Å²) in [5.41, 5.74) is 8.50. The van der Waals surface area contributed by atoms with Gasteiger partial charge in [0.05, 0.1) is 13.2 Å². The number of hydrogen-bond donors (Lipinski definition) is 1. The minimum absolute atomic E-state index is 0.636. The minimum Gasteiger partial charge on any atom is -0.379 e. The molecule has 0 aliphatic carbocycles. The molecule has 3 rings (SSSR count). The average molecular weight is 275 g/mol. The molecular formula is C16H25N3O. The van der Waals surface area contributed by atoms with Crippen LogP contribution in [0.2, 0.25) is 0 Å². The molecule has 2 N–H and O–H groups in total. The molecule has 2 saturated heterocycles. The van der Waals surface area contributed by atoms with Gasteiger partial charge in [0.2, 0.25) is 0 Å². The summed E-state index contributed by atoms with van der Waals surface area (Å²) in [6.45, 7) is 8.03. The van der Waals surface area contributed by atoms with E-state index in [1.54, 1.807) is 0 Å². The van der Waals surface area contributed by atoms with E-state index in [2.05, 4.69) is 34.1 Å². The summed E-state index contributed by atoms with van der Waals surface area (Å²) in [6.07, 6.45) is 1.28. The zero-order chi connectivity index (χ0) is 13.8. The van der Waals surface area contributed by atoms with Gasteiger partial charge in [-0.15, -0.1) is 0 Å². The third-order valence-corrected chi connectivity index (χ3v) is 4.54. The Kier molecular flexibility index (Phi) is 4.68. The van der Waals surface area contributed by atoms with Crippen molar-refractivity contribution in [3.63, 3.8) is 0 Å². The summed E-state index contributed by atoms with van der Waals surface area (Å²) in [5, 5.41) is 0. The van der Waals surface area contributed by atoms with Gasteiger partial charge >= 0.3 is 0 Å². The molecule has 0 aromatic heterocycles. The highest BCUT2D eigenvalue weighted by molar-refractivity contribution is 5.26. The Bertz CT molecular complexity index is 431. The van der Waals surface area contributed by atoms with Gasteiger partial charge in [-0.25, -0.2) is 0 Å². The molecule has 0 amide bonds. The Morgan fingerprint density at radius 2 is 1.85 bits per heavy atom. The molecule has 2 fully saturated rings. The third-order valence-electron chi connectivity index (χ3n) is 4.54. The maximum atomic E-state index is 5.83.